The van der Waals surface area contributed by atoms with Gasteiger partial charge in [0.15, 0.2) is 0 Å². The first-order valence-corrected chi connectivity index (χ1v) is 7.37. The van der Waals surface area contributed by atoms with Gasteiger partial charge in [-0.15, -0.1) is 0 Å². The van der Waals surface area contributed by atoms with Crippen LogP contribution in [0.15, 0.2) is 22.7 Å². The zero-order valence-corrected chi connectivity index (χ0v) is 13.9. The number of aromatic carboxylic acids is 1. The number of nitrogens with one attached hydrogen (secondary N) is 2. The SMILES string of the molecule is CN(C)CCCNC(=O)C(=O)Nc1ccc(Br)cc1C(=O)O. The van der Waals surface area contributed by atoms with Crippen molar-refractivity contribution in [1.29, 1.82) is 0 Å². The molecule has 0 saturated heterocycles. The monoisotopic (exact) mass is 371 g/mol. The van der Waals surface area contributed by atoms with Gasteiger partial charge in [-0.3, -0.25) is 9.59 Å². The van der Waals surface area contributed by atoms with E-state index in [9.17, 15) is 14.4 Å². The zero-order valence-electron chi connectivity index (χ0n) is 12.4. The predicted molar refractivity (Wildman–Crippen MR) is 85.9 cm³/mol. The van der Waals surface area contributed by atoms with Gasteiger partial charge in [-0.25, -0.2) is 4.79 Å². The summed E-state index contributed by atoms with van der Waals surface area (Å²) >= 11 is 3.15. The van der Waals surface area contributed by atoms with E-state index in [1.54, 1.807) is 6.07 Å². The van der Waals surface area contributed by atoms with Crippen LogP contribution in [0.5, 0.6) is 0 Å². The molecule has 0 heterocycles. The number of hydrogen-bond donors (Lipinski definition) is 3. The van der Waals surface area contributed by atoms with E-state index < -0.39 is 17.8 Å². The summed E-state index contributed by atoms with van der Waals surface area (Å²) in [6.07, 6.45) is 0.713. The molecule has 0 aliphatic heterocycles. The minimum absolute atomic E-state index is 0.0733. The van der Waals surface area contributed by atoms with Crippen LogP contribution >= 0.6 is 15.9 Å². The number of nitrogens with zero attached hydrogens (tertiary/aromatic N) is 1. The molecule has 0 aromatic heterocycles. The predicted octanol–water partition coefficient (Wildman–Crippen LogP) is 1.15. The summed E-state index contributed by atoms with van der Waals surface area (Å²) in [5, 5.41) is 13.9. The van der Waals surface area contributed by atoms with Crippen LogP contribution in [0.25, 0.3) is 0 Å². The summed E-state index contributed by atoms with van der Waals surface area (Å²) in [5.74, 6) is -2.88. The third-order valence-corrected chi connectivity index (χ3v) is 3.23. The molecule has 1 rings (SSSR count). The van der Waals surface area contributed by atoms with Crippen LogP contribution in [0, 0.1) is 0 Å². The standard InChI is InChI=1S/C14H18BrN3O4/c1-18(2)7-3-6-16-12(19)13(20)17-11-5-4-9(15)8-10(11)14(21)22/h4-5,8H,3,6-7H2,1-2H3,(H,16,19)(H,17,20)(H,21,22). The van der Waals surface area contributed by atoms with Crippen molar-refractivity contribution in [3.05, 3.63) is 28.2 Å². The molecule has 0 saturated carbocycles. The van der Waals surface area contributed by atoms with Crippen LogP contribution in [0.4, 0.5) is 5.69 Å². The van der Waals surface area contributed by atoms with Crippen molar-refractivity contribution in [2.75, 3.05) is 32.5 Å². The Balaban J connectivity index is 2.61. The number of halogens is 1. The van der Waals surface area contributed by atoms with Gasteiger partial charge in [-0.2, -0.15) is 0 Å². The summed E-state index contributed by atoms with van der Waals surface area (Å²) in [6.45, 7) is 1.16. The Morgan fingerprint density at radius 1 is 1.23 bits per heavy atom. The summed E-state index contributed by atoms with van der Waals surface area (Å²) < 4.78 is 0.566. The molecule has 0 spiro atoms. The molecule has 22 heavy (non-hydrogen) atoms. The number of rotatable bonds is 6. The molecule has 0 unspecified atom stereocenters. The summed E-state index contributed by atoms with van der Waals surface area (Å²) in [5.41, 5.74) is -0.0210. The molecule has 0 bridgehead atoms. The first-order valence-electron chi connectivity index (χ1n) is 6.58. The molecular weight excluding hydrogens is 354 g/mol. The number of carbonyl (C=O) groups excluding carboxylic acids is 2. The molecule has 2 amide bonds. The van der Waals surface area contributed by atoms with Crippen molar-refractivity contribution < 1.29 is 19.5 Å². The molecule has 8 heteroatoms. The van der Waals surface area contributed by atoms with E-state index in [1.807, 2.05) is 19.0 Å². The van der Waals surface area contributed by atoms with Crippen molar-refractivity contribution in [2.24, 2.45) is 0 Å². The molecule has 0 aliphatic carbocycles. The van der Waals surface area contributed by atoms with Gasteiger partial charge in [0.1, 0.15) is 0 Å². The fourth-order valence-corrected chi connectivity index (χ4v) is 2.02. The molecule has 1 aromatic rings. The van der Waals surface area contributed by atoms with Gasteiger partial charge in [0, 0.05) is 11.0 Å². The molecule has 0 aliphatic rings. The van der Waals surface area contributed by atoms with Gasteiger partial charge >= 0.3 is 17.8 Å². The maximum atomic E-state index is 11.8. The van der Waals surface area contributed by atoms with Gasteiger partial charge in [0.2, 0.25) is 0 Å². The Labute approximate surface area is 136 Å². The first kappa shape index (κ1) is 18.1. The summed E-state index contributed by atoms with van der Waals surface area (Å²) in [6, 6.07) is 4.36. The third-order valence-electron chi connectivity index (χ3n) is 2.73. The van der Waals surface area contributed by atoms with E-state index in [0.717, 1.165) is 6.54 Å². The quantitative estimate of drug-likeness (QED) is 0.514. The van der Waals surface area contributed by atoms with E-state index in [0.29, 0.717) is 17.4 Å². The normalized spacial score (nSPS) is 10.4. The fourth-order valence-electron chi connectivity index (χ4n) is 1.66. The van der Waals surface area contributed by atoms with Crippen molar-refractivity contribution in [2.45, 2.75) is 6.42 Å². The second-order valence-electron chi connectivity index (χ2n) is 4.86. The van der Waals surface area contributed by atoms with Crippen LogP contribution < -0.4 is 10.6 Å². The highest BCUT2D eigenvalue weighted by Crippen LogP contribution is 2.21. The molecule has 3 N–H and O–H groups in total. The molecule has 0 fully saturated rings. The second kappa shape index (κ2) is 8.50. The molecule has 1 aromatic carbocycles. The Bertz CT molecular complexity index is 575. The maximum Gasteiger partial charge on any atom is 0.337 e. The van der Waals surface area contributed by atoms with Crippen LogP contribution in [0.1, 0.15) is 16.8 Å². The summed E-state index contributed by atoms with van der Waals surface area (Å²) in [4.78, 5) is 36.5. The number of hydrogen-bond acceptors (Lipinski definition) is 4. The lowest BCUT2D eigenvalue weighted by Crippen LogP contribution is -2.37. The van der Waals surface area contributed by atoms with Gasteiger partial charge < -0.3 is 20.6 Å². The zero-order chi connectivity index (χ0) is 16.7. The lowest BCUT2D eigenvalue weighted by atomic mass is 10.2. The molecule has 7 nitrogen and oxygen atoms in total. The van der Waals surface area contributed by atoms with E-state index >= 15 is 0 Å². The van der Waals surface area contributed by atoms with Crippen molar-refractivity contribution in [1.82, 2.24) is 10.2 Å². The number of carboxylic acids is 1. The number of benzene rings is 1. The first-order chi connectivity index (χ1) is 10.3. The average Bonchev–Trinajstić information content (AvgIpc) is 2.44. The van der Waals surface area contributed by atoms with Crippen molar-refractivity contribution in [3.8, 4) is 0 Å². The van der Waals surface area contributed by atoms with Crippen LogP contribution in [-0.4, -0.2) is 55.0 Å². The minimum Gasteiger partial charge on any atom is -0.478 e. The lowest BCUT2D eigenvalue weighted by Gasteiger charge is -2.11. The van der Waals surface area contributed by atoms with Crippen LogP contribution in [0.3, 0.4) is 0 Å². The number of anilines is 1. The molecule has 0 radical (unpaired) electrons. The highest BCUT2D eigenvalue weighted by Gasteiger charge is 2.17. The third kappa shape index (κ3) is 5.82. The number of carbonyl (C=O) groups is 3. The minimum atomic E-state index is -1.19. The Kier molecular flexibility index (Phi) is 7.00. The van der Waals surface area contributed by atoms with E-state index in [2.05, 4.69) is 26.6 Å². The van der Waals surface area contributed by atoms with Crippen molar-refractivity contribution in [3.63, 3.8) is 0 Å². The lowest BCUT2D eigenvalue weighted by molar-refractivity contribution is -0.136. The van der Waals surface area contributed by atoms with Crippen LogP contribution in [0.2, 0.25) is 0 Å². The Hall–Kier alpha value is -1.93. The smallest absolute Gasteiger partial charge is 0.337 e. The Morgan fingerprint density at radius 3 is 2.50 bits per heavy atom. The van der Waals surface area contributed by atoms with Gasteiger partial charge in [0.05, 0.1) is 11.3 Å². The fraction of sp³-hybridized carbons (Fsp3) is 0.357. The maximum absolute atomic E-state index is 11.8. The molecule has 0 atom stereocenters. The number of carboxylic acid groups (broad SMARTS) is 1. The van der Waals surface area contributed by atoms with E-state index in [4.69, 9.17) is 5.11 Å². The van der Waals surface area contributed by atoms with Gasteiger partial charge in [-0.05, 0) is 45.3 Å². The second-order valence-corrected chi connectivity index (χ2v) is 5.78. The van der Waals surface area contributed by atoms with Gasteiger partial charge in [0.25, 0.3) is 0 Å². The summed E-state index contributed by atoms with van der Waals surface area (Å²) in [7, 11) is 3.82. The highest BCUT2D eigenvalue weighted by molar-refractivity contribution is 9.10. The highest BCUT2D eigenvalue weighted by atomic mass is 79.9. The number of amides is 2. The van der Waals surface area contributed by atoms with Crippen molar-refractivity contribution >= 4 is 39.4 Å². The van der Waals surface area contributed by atoms with Gasteiger partial charge in [-0.1, -0.05) is 15.9 Å². The largest absolute Gasteiger partial charge is 0.478 e. The van der Waals surface area contributed by atoms with E-state index in [-0.39, 0.29) is 11.3 Å². The molecular formula is C14H18BrN3O4. The Morgan fingerprint density at radius 2 is 1.91 bits per heavy atom. The molecule has 120 valence electrons. The topological polar surface area (TPSA) is 98.7 Å². The van der Waals surface area contributed by atoms with E-state index in [1.165, 1.54) is 12.1 Å². The van der Waals surface area contributed by atoms with Crippen LogP contribution in [-0.2, 0) is 9.59 Å². The average molecular weight is 372 g/mol.